The molecule has 1 unspecified atom stereocenters. The first-order valence-electron chi connectivity index (χ1n) is 4.00. The van der Waals surface area contributed by atoms with Crippen molar-refractivity contribution < 1.29 is 13.2 Å². The Morgan fingerprint density at radius 1 is 1.36 bits per heavy atom. The molecule has 1 atom stereocenters. The number of aryl methyl sites for hydroxylation is 1. The third-order valence-corrected chi connectivity index (χ3v) is 1.82. The van der Waals surface area contributed by atoms with Gasteiger partial charge in [-0.25, -0.2) is 0 Å². The first-order valence-corrected chi connectivity index (χ1v) is 4.00. The van der Waals surface area contributed by atoms with E-state index in [-0.39, 0.29) is 12.1 Å². The monoisotopic (exact) mass is 205 g/mol. The highest BCUT2D eigenvalue weighted by Crippen LogP contribution is 2.21. The summed E-state index contributed by atoms with van der Waals surface area (Å²) < 4.78 is 36.3. The smallest absolute Gasteiger partial charge is 0.320 e. The van der Waals surface area contributed by atoms with Crippen LogP contribution in [0.5, 0.6) is 0 Å². The highest BCUT2D eigenvalue weighted by molar-refractivity contribution is 5.10. The molecule has 0 amide bonds. The van der Waals surface area contributed by atoms with E-state index in [1.54, 1.807) is 6.92 Å². The van der Waals surface area contributed by atoms with Crippen LogP contribution < -0.4 is 5.73 Å². The minimum atomic E-state index is -4.38. The molecule has 1 rings (SSSR count). The number of nitrogens with two attached hydrogens (primary N) is 1. The van der Waals surface area contributed by atoms with E-state index in [1.165, 1.54) is 12.4 Å². The fourth-order valence-corrected chi connectivity index (χ4v) is 0.961. The molecule has 0 aliphatic rings. The van der Waals surface area contributed by atoms with Gasteiger partial charge in [-0.05, 0) is 6.92 Å². The van der Waals surface area contributed by atoms with Crippen molar-refractivity contribution in [2.75, 3.05) is 0 Å². The summed E-state index contributed by atoms with van der Waals surface area (Å²) in [7, 11) is 0. The highest BCUT2D eigenvalue weighted by atomic mass is 19.4. The van der Waals surface area contributed by atoms with E-state index >= 15 is 0 Å². The molecule has 1 aromatic rings. The molecule has 2 N–H and O–H groups in total. The number of aromatic nitrogens is 2. The summed E-state index contributed by atoms with van der Waals surface area (Å²) in [5.74, 6) is 0. The van der Waals surface area contributed by atoms with Gasteiger partial charge in [0.15, 0.2) is 0 Å². The van der Waals surface area contributed by atoms with Crippen LogP contribution in [0.1, 0.15) is 11.4 Å². The van der Waals surface area contributed by atoms with E-state index in [9.17, 15) is 13.2 Å². The van der Waals surface area contributed by atoms with E-state index in [1.807, 2.05) is 0 Å². The van der Waals surface area contributed by atoms with Gasteiger partial charge in [0.1, 0.15) is 6.04 Å². The van der Waals surface area contributed by atoms with Crippen LogP contribution >= 0.6 is 0 Å². The second kappa shape index (κ2) is 3.91. The predicted molar refractivity (Wildman–Crippen MR) is 44.5 cm³/mol. The number of alkyl halides is 3. The van der Waals surface area contributed by atoms with Crippen LogP contribution in [0.4, 0.5) is 13.2 Å². The summed E-state index contributed by atoms with van der Waals surface area (Å²) in [5.41, 5.74) is 5.73. The van der Waals surface area contributed by atoms with Gasteiger partial charge in [0.2, 0.25) is 0 Å². The largest absolute Gasteiger partial charge is 0.404 e. The summed E-state index contributed by atoms with van der Waals surface area (Å²) in [4.78, 5) is 7.62. The first-order chi connectivity index (χ1) is 6.41. The average Bonchev–Trinajstić information content (AvgIpc) is 2.07. The third-order valence-electron chi connectivity index (χ3n) is 1.82. The Kier molecular flexibility index (Phi) is 3.05. The minimum Gasteiger partial charge on any atom is -0.320 e. The highest BCUT2D eigenvalue weighted by Gasteiger charge is 2.37. The molecule has 0 aliphatic carbocycles. The van der Waals surface area contributed by atoms with E-state index < -0.39 is 12.2 Å². The van der Waals surface area contributed by atoms with Crippen LogP contribution in [-0.2, 0) is 6.42 Å². The summed E-state index contributed by atoms with van der Waals surface area (Å²) in [6.45, 7) is 1.60. The topological polar surface area (TPSA) is 51.8 Å². The molecule has 0 saturated carbocycles. The van der Waals surface area contributed by atoms with Crippen molar-refractivity contribution in [3.05, 3.63) is 23.8 Å². The van der Waals surface area contributed by atoms with E-state index in [4.69, 9.17) is 5.73 Å². The van der Waals surface area contributed by atoms with Crippen molar-refractivity contribution in [3.8, 4) is 0 Å². The number of hydrogen-bond acceptors (Lipinski definition) is 3. The Balaban J connectivity index is 2.75. The van der Waals surface area contributed by atoms with Gasteiger partial charge in [0.05, 0.1) is 11.4 Å². The van der Waals surface area contributed by atoms with Crippen molar-refractivity contribution in [1.82, 2.24) is 9.97 Å². The zero-order valence-electron chi connectivity index (χ0n) is 7.54. The lowest BCUT2D eigenvalue weighted by Crippen LogP contribution is -2.39. The van der Waals surface area contributed by atoms with Crippen molar-refractivity contribution in [3.63, 3.8) is 0 Å². The Morgan fingerprint density at radius 3 is 2.43 bits per heavy atom. The molecule has 3 nitrogen and oxygen atoms in total. The van der Waals surface area contributed by atoms with Crippen LogP contribution in [0.25, 0.3) is 0 Å². The molecule has 0 aliphatic heterocycles. The minimum absolute atomic E-state index is 0.289. The Labute approximate surface area is 79.2 Å². The Bertz CT molecular complexity index is 311. The van der Waals surface area contributed by atoms with Gasteiger partial charge in [-0.1, -0.05) is 0 Å². The zero-order valence-corrected chi connectivity index (χ0v) is 7.54. The van der Waals surface area contributed by atoms with Crippen molar-refractivity contribution in [2.45, 2.75) is 25.6 Å². The summed E-state index contributed by atoms with van der Waals surface area (Å²) >= 11 is 0. The molecular formula is C8H10F3N3. The van der Waals surface area contributed by atoms with Gasteiger partial charge in [-0.3, -0.25) is 9.97 Å². The maximum absolute atomic E-state index is 12.1. The van der Waals surface area contributed by atoms with E-state index in [0.29, 0.717) is 5.69 Å². The molecule has 0 spiro atoms. The van der Waals surface area contributed by atoms with Crippen molar-refractivity contribution >= 4 is 0 Å². The molecule has 0 bridgehead atoms. The van der Waals surface area contributed by atoms with Crippen molar-refractivity contribution in [1.29, 1.82) is 0 Å². The van der Waals surface area contributed by atoms with E-state index in [0.717, 1.165) is 0 Å². The lowest BCUT2D eigenvalue weighted by molar-refractivity contribution is -0.147. The van der Waals surface area contributed by atoms with Gasteiger partial charge < -0.3 is 5.73 Å². The maximum atomic E-state index is 12.1. The van der Waals surface area contributed by atoms with Gasteiger partial charge in [-0.15, -0.1) is 0 Å². The summed E-state index contributed by atoms with van der Waals surface area (Å²) in [6.07, 6.45) is -1.93. The van der Waals surface area contributed by atoms with Crippen LogP contribution in [0.3, 0.4) is 0 Å². The maximum Gasteiger partial charge on any atom is 0.404 e. The van der Waals surface area contributed by atoms with Crippen molar-refractivity contribution in [2.24, 2.45) is 5.73 Å². The number of nitrogens with zero attached hydrogens (tertiary/aromatic N) is 2. The molecule has 14 heavy (non-hydrogen) atoms. The van der Waals surface area contributed by atoms with Gasteiger partial charge in [0.25, 0.3) is 0 Å². The van der Waals surface area contributed by atoms with Crippen LogP contribution in [0.2, 0.25) is 0 Å². The first kappa shape index (κ1) is 10.9. The molecule has 78 valence electrons. The molecule has 0 aromatic carbocycles. The standard InChI is InChI=1S/C8H10F3N3/c1-5-6(14-3-2-13-5)4-7(12)8(9,10)11/h2-3,7H,4,12H2,1H3. The molecule has 1 aromatic heterocycles. The number of halogens is 3. The summed E-state index contributed by atoms with van der Waals surface area (Å²) in [6, 6.07) is -1.88. The van der Waals surface area contributed by atoms with Gasteiger partial charge in [0, 0.05) is 18.8 Å². The van der Waals surface area contributed by atoms with Crippen LogP contribution in [-0.4, -0.2) is 22.2 Å². The van der Waals surface area contributed by atoms with Gasteiger partial charge >= 0.3 is 6.18 Å². The molecular weight excluding hydrogens is 195 g/mol. The number of rotatable bonds is 2. The Morgan fingerprint density at radius 2 is 1.93 bits per heavy atom. The number of hydrogen-bond donors (Lipinski definition) is 1. The summed E-state index contributed by atoms with van der Waals surface area (Å²) in [5, 5.41) is 0. The second-order valence-corrected chi connectivity index (χ2v) is 2.94. The lowest BCUT2D eigenvalue weighted by Gasteiger charge is -2.15. The average molecular weight is 205 g/mol. The molecule has 6 heteroatoms. The third kappa shape index (κ3) is 2.66. The normalized spacial score (nSPS) is 14.1. The van der Waals surface area contributed by atoms with Crippen LogP contribution in [0, 0.1) is 6.92 Å². The molecule has 0 radical (unpaired) electrons. The quantitative estimate of drug-likeness (QED) is 0.789. The Hall–Kier alpha value is -1.17. The fraction of sp³-hybridized carbons (Fsp3) is 0.500. The molecule has 0 saturated heterocycles. The molecule has 0 fully saturated rings. The lowest BCUT2D eigenvalue weighted by atomic mass is 10.1. The SMILES string of the molecule is Cc1nccnc1CC(N)C(F)(F)F. The fourth-order valence-electron chi connectivity index (χ4n) is 0.961. The molecule has 1 heterocycles. The second-order valence-electron chi connectivity index (χ2n) is 2.94. The zero-order chi connectivity index (χ0) is 10.8. The van der Waals surface area contributed by atoms with E-state index in [2.05, 4.69) is 9.97 Å². The predicted octanol–water partition coefficient (Wildman–Crippen LogP) is 1.22. The van der Waals surface area contributed by atoms with Gasteiger partial charge in [-0.2, -0.15) is 13.2 Å². The van der Waals surface area contributed by atoms with Crippen LogP contribution in [0.15, 0.2) is 12.4 Å².